The summed E-state index contributed by atoms with van der Waals surface area (Å²) in [6.07, 6.45) is 0. The maximum atomic E-state index is 13.1. The lowest BCUT2D eigenvalue weighted by Crippen LogP contribution is -2.40. The fourth-order valence-corrected chi connectivity index (χ4v) is 1.87. The van der Waals surface area contributed by atoms with E-state index in [1.165, 1.54) is 6.92 Å². The molecular formula is C15H15F3N2O3. The Morgan fingerprint density at radius 3 is 2.39 bits per heavy atom. The van der Waals surface area contributed by atoms with Crippen molar-refractivity contribution in [3.63, 3.8) is 0 Å². The summed E-state index contributed by atoms with van der Waals surface area (Å²) < 4.78 is 44.2. The number of amides is 2. The maximum Gasteiger partial charge on any atom is 0.319 e. The van der Waals surface area contributed by atoms with E-state index in [4.69, 9.17) is 4.42 Å². The van der Waals surface area contributed by atoms with Gasteiger partial charge in [-0.1, -0.05) is 0 Å². The van der Waals surface area contributed by atoms with Gasteiger partial charge in [0.25, 0.3) is 0 Å². The highest BCUT2D eigenvalue weighted by Crippen LogP contribution is 2.22. The molecule has 0 saturated carbocycles. The van der Waals surface area contributed by atoms with E-state index < -0.39 is 29.1 Å². The predicted octanol–water partition coefficient (Wildman–Crippen LogP) is 3.03. The summed E-state index contributed by atoms with van der Waals surface area (Å²) in [5.74, 6) is -3.60. The van der Waals surface area contributed by atoms with Crippen molar-refractivity contribution in [1.29, 1.82) is 0 Å². The standard InChI is InChI=1S/C15H15F3N2O3/c1-8-3-4-12(23-8)15(2,22)7-19-14(21)20-9-5-10(16)13(18)11(17)6-9/h3-6,22H,7H2,1-2H3,(H2,19,20,21). The fourth-order valence-electron chi connectivity index (χ4n) is 1.87. The molecule has 0 aliphatic heterocycles. The van der Waals surface area contributed by atoms with Crippen LogP contribution in [0.3, 0.4) is 0 Å². The van der Waals surface area contributed by atoms with Gasteiger partial charge in [0.05, 0.1) is 6.54 Å². The van der Waals surface area contributed by atoms with Gasteiger partial charge in [0, 0.05) is 17.8 Å². The maximum absolute atomic E-state index is 13.1. The molecule has 0 aliphatic rings. The molecule has 0 aliphatic carbocycles. The molecule has 2 rings (SSSR count). The Morgan fingerprint density at radius 2 is 1.87 bits per heavy atom. The molecular weight excluding hydrogens is 313 g/mol. The summed E-state index contributed by atoms with van der Waals surface area (Å²) >= 11 is 0. The average molecular weight is 328 g/mol. The van der Waals surface area contributed by atoms with Crippen LogP contribution in [0, 0.1) is 24.4 Å². The Morgan fingerprint density at radius 1 is 1.26 bits per heavy atom. The number of carbonyl (C=O) groups excluding carboxylic acids is 1. The summed E-state index contributed by atoms with van der Waals surface area (Å²) in [6, 6.07) is 3.70. The van der Waals surface area contributed by atoms with E-state index >= 15 is 0 Å². The van der Waals surface area contributed by atoms with E-state index in [-0.39, 0.29) is 18.0 Å². The first-order valence-electron chi connectivity index (χ1n) is 6.68. The topological polar surface area (TPSA) is 74.5 Å². The number of furan rings is 1. The number of aryl methyl sites for hydroxylation is 1. The van der Waals surface area contributed by atoms with Crippen LogP contribution in [0.2, 0.25) is 0 Å². The molecule has 0 bridgehead atoms. The van der Waals surface area contributed by atoms with Gasteiger partial charge >= 0.3 is 6.03 Å². The molecule has 2 amide bonds. The van der Waals surface area contributed by atoms with Crippen LogP contribution in [-0.2, 0) is 5.60 Å². The van der Waals surface area contributed by atoms with Crippen LogP contribution in [0.1, 0.15) is 18.4 Å². The highest BCUT2D eigenvalue weighted by atomic mass is 19.2. The molecule has 0 saturated heterocycles. The number of rotatable bonds is 4. The third-order valence-electron chi connectivity index (χ3n) is 3.11. The minimum absolute atomic E-state index is 0.210. The van der Waals surface area contributed by atoms with Crippen molar-refractivity contribution in [2.45, 2.75) is 19.4 Å². The highest BCUT2D eigenvalue weighted by Gasteiger charge is 2.27. The Labute approximate surface area is 130 Å². The zero-order valence-corrected chi connectivity index (χ0v) is 12.4. The molecule has 1 unspecified atom stereocenters. The number of benzene rings is 1. The predicted molar refractivity (Wildman–Crippen MR) is 76.4 cm³/mol. The number of carbonyl (C=O) groups is 1. The zero-order chi connectivity index (χ0) is 17.2. The van der Waals surface area contributed by atoms with Crippen LogP contribution in [-0.4, -0.2) is 17.7 Å². The molecule has 0 spiro atoms. The Balaban J connectivity index is 1.97. The van der Waals surface area contributed by atoms with Gasteiger partial charge in [0.2, 0.25) is 0 Å². The van der Waals surface area contributed by atoms with Gasteiger partial charge in [0.1, 0.15) is 17.1 Å². The molecule has 8 heteroatoms. The van der Waals surface area contributed by atoms with Crippen molar-refractivity contribution in [2.24, 2.45) is 0 Å². The molecule has 2 aromatic rings. The minimum Gasteiger partial charge on any atom is -0.463 e. The van der Waals surface area contributed by atoms with Crippen LogP contribution in [0.4, 0.5) is 23.7 Å². The second-order valence-corrected chi connectivity index (χ2v) is 5.25. The smallest absolute Gasteiger partial charge is 0.319 e. The molecule has 1 atom stereocenters. The third-order valence-corrected chi connectivity index (χ3v) is 3.11. The first-order valence-corrected chi connectivity index (χ1v) is 6.68. The molecule has 5 nitrogen and oxygen atoms in total. The van der Waals surface area contributed by atoms with E-state index in [1.54, 1.807) is 19.1 Å². The molecule has 0 radical (unpaired) electrons. The molecule has 1 aromatic carbocycles. The first kappa shape index (κ1) is 16.9. The number of halogens is 3. The quantitative estimate of drug-likeness (QED) is 0.755. The molecule has 124 valence electrons. The van der Waals surface area contributed by atoms with E-state index in [1.807, 2.05) is 0 Å². The van der Waals surface area contributed by atoms with E-state index in [0.717, 1.165) is 0 Å². The first-order chi connectivity index (χ1) is 10.7. The van der Waals surface area contributed by atoms with Gasteiger partial charge < -0.3 is 20.2 Å². The van der Waals surface area contributed by atoms with E-state index in [9.17, 15) is 23.1 Å². The normalized spacial score (nSPS) is 13.5. The lowest BCUT2D eigenvalue weighted by molar-refractivity contribution is 0.0364. The second kappa shape index (κ2) is 6.33. The molecule has 3 N–H and O–H groups in total. The van der Waals surface area contributed by atoms with Gasteiger partial charge in [-0.3, -0.25) is 0 Å². The number of nitrogens with one attached hydrogen (secondary N) is 2. The largest absolute Gasteiger partial charge is 0.463 e. The Kier molecular flexibility index (Phi) is 4.65. The van der Waals surface area contributed by atoms with E-state index in [0.29, 0.717) is 17.9 Å². The molecule has 23 heavy (non-hydrogen) atoms. The van der Waals surface area contributed by atoms with Crippen molar-refractivity contribution in [3.8, 4) is 0 Å². The van der Waals surface area contributed by atoms with Gasteiger partial charge in [-0.15, -0.1) is 0 Å². The number of anilines is 1. The third kappa shape index (κ3) is 4.04. The van der Waals surface area contributed by atoms with E-state index in [2.05, 4.69) is 10.6 Å². The summed E-state index contributed by atoms with van der Waals surface area (Å²) in [6.45, 7) is 2.93. The highest BCUT2D eigenvalue weighted by molar-refractivity contribution is 5.89. The van der Waals surface area contributed by atoms with Gasteiger partial charge in [-0.25, -0.2) is 18.0 Å². The average Bonchev–Trinajstić information content (AvgIpc) is 2.90. The summed E-state index contributed by atoms with van der Waals surface area (Å²) in [4.78, 5) is 11.7. The number of hydrogen-bond acceptors (Lipinski definition) is 3. The van der Waals surface area contributed by atoms with Gasteiger partial charge in [-0.2, -0.15) is 0 Å². The fraction of sp³-hybridized carbons (Fsp3) is 0.267. The van der Waals surface area contributed by atoms with Crippen LogP contribution in [0.25, 0.3) is 0 Å². The van der Waals surface area contributed by atoms with Crippen molar-refractivity contribution in [2.75, 3.05) is 11.9 Å². The summed E-state index contributed by atoms with van der Waals surface area (Å²) in [5, 5.41) is 14.7. The Hall–Kier alpha value is -2.48. The molecule has 1 heterocycles. The monoisotopic (exact) mass is 328 g/mol. The lowest BCUT2D eigenvalue weighted by atomic mass is 10.0. The number of hydrogen-bond donors (Lipinski definition) is 3. The van der Waals surface area contributed by atoms with Gasteiger partial charge in [-0.05, 0) is 26.0 Å². The SMILES string of the molecule is Cc1ccc(C(C)(O)CNC(=O)Nc2cc(F)c(F)c(F)c2)o1. The molecule has 1 aromatic heterocycles. The Bertz CT molecular complexity index is 706. The van der Waals surface area contributed by atoms with Crippen molar-refractivity contribution in [1.82, 2.24) is 5.32 Å². The number of urea groups is 1. The zero-order valence-electron chi connectivity index (χ0n) is 12.4. The molecule has 0 fully saturated rings. The van der Waals surface area contributed by atoms with Gasteiger partial charge in [0.15, 0.2) is 17.5 Å². The summed E-state index contributed by atoms with van der Waals surface area (Å²) in [7, 11) is 0. The van der Waals surface area contributed by atoms with Crippen LogP contribution in [0.5, 0.6) is 0 Å². The van der Waals surface area contributed by atoms with Crippen LogP contribution < -0.4 is 10.6 Å². The second-order valence-electron chi connectivity index (χ2n) is 5.25. The minimum atomic E-state index is -1.62. The summed E-state index contributed by atoms with van der Waals surface area (Å²) in [5.41, 5.74) is -1.72. The number of aliphatic hydroxyl groups is 1. The van der Waals surface area contributed by atoms with Crippen molar-refractivity contribution in [3.05, 3.63) is 53.2 Å². The van der Waals surface area contributed by atoms with Crippen LogP contribution in [0.15, 0.2) is 28.7 Å². The lowest BCUT2D eigenvalue weighted by Gasteiger charge is -2.21. The van der Waals surface area contributed by atoms with Crippen molar-refractivity contribution >= 4 is 11.7 Å². The van der Waals surface area contributed by atoms with Crippen LogP contribution >= 0.6 is 0 Å². The van der Waals surface area contributed by atoms with Crippen molar-refractivity contribution < 1.29 is 27.5 Å².